The van der Waals surface area contributed by atoms with Gasteiger partial charge < -0.3 is 5.11 Å². The molecular formula is C12H10FN5O3. The smallest absolute Gasteiger partial charge is 0.328 e. The van der Waals surface area contributed by atoms with E-state index in [9.17, 15) is 14.0 Å². The topological polar surface area (TPSA) is 110 Å². The molecule has 0 aliphatic heterocycles. The molecule has 0 unspecified atom stereocenters. The summed E-state index contributed by atoms with van der Waals surface area (Å²) in [6, 6.07) is 3.65. The molecule has 2 N–H and O–H groups in total. The summed E-state index contributed by atoms with van der Waals surface area (Å²) >= 11 is 0. The molecule has 1 aromatic heterocycles. The third-order valence-electron chi connectivity index (χ3n) is 2.40. The first-order valence-corrected chi connectivity index (χ1v) is 5.71. The number of carboxylic acids is 1. The molecule has 8 nitrogen and oxygen atoms in total. The first-order valence-electron chi connectivity index (χ1n) is 5.71. The van der Waals surface area contributed by atoms with Crippen LogP contribution in [0.15, 0.2) is 24.3 Å². The number of nitrogens with one attached hydrogen (secondary N) is 1. The minimum absolute atomic E-state index is 0.00208. The molecule has 1 amide bonds. The van der Waals surface area contributed by atoms with E-state index in [1.807, 2.05) is 0 Å². The van der Waals surface area contributed by atoms with Crippen LogP contribution in [0, 0.1) is 5.82 Å². The molecule has 21 heavy (non-hydrogen) atoms. The fraction of sp³-hybridized carbons (Fsp3) is 0.0833. The number of carbonyl (C=O) groups excluding carboxylic acids is 1. The zero-order valence-corrected chi connectivity index (χ0v) is 10.8. The van der Waals surface area contributed by atoms with Gasteiger partial charge in [0.05, 0.1) is 7.05 Å². The first kappa shape index (κ1) is 14.3. The number of aryl methyl sites for hydroxylation is 1. The van der Waals surface area contributed by atoms with E-state index in [-0.39, 0.29) is 17.1 Å². The lowest BCUT2D eigenvalue weighted by Gasteiger charge is -2.02. The van der Waals surface area contributed by atoms with Crippen molar-refractivity contribution in [1.82, 2.24) is 20.2 Å². The largest absolute Gasteiger partial charge is 0.478 e. The minimum atomic E-state index is -1.19. The molecule has 0 aliphatic carbocycles. The Morgan fingerprint density at radius 2 is 2.19 bits per heavy atom. The molecule has 0 spiro atoms. The highest BCUT2D eigenvalue weighted by Gasteiger charge is 2.11. The Morgan fingerprint density at radius 3 is 2.76 bits per heavy atom. The van der Waals surface area contributed by atoms with Crippen LogP contribution >= 0.6 is 0 Å². The molecule has 0 saturated carbocycles. The summed E-state index contributed by atoms with van der Waals surface area (Å²) in [5.74, 6) is -2.51. The van der Waals surface area contributed by atoms with Gasteiger partial charge in [0.25, 0.3) is 11.9 Å². The average Bonchev–Trinajstić information content (AvgIpc) is 2.82. The Bertz CT molecular complexity index is 725. The van der Waals surface area contributed by atoms with E-state index in [1.54, 1.807) is 0 Å². The van der Waals surface area contributed by atoms with E-state index < -0.39 is 17.7 Å². The van der Waals surface area contributed by atoms with E-state index in [0.717, 1.165) is 23.0 Å². The van der Waals surface area contributed by atoms with Crippen molar-refractivity contribution in [2.75, 3.05) is 5.32 Å². The molecular weight excluding hydrogens is 281 g/mol. The Kier molecular flexibility index (Phi) is 4.02. The quantitative estimate of drug-likeness (QED) is 0.802. The third-order valence-corrected chi connectivity index (χ3v) is 2.40. The minimum Gasteiger partial charge on any atom is -0.478 e. The summed E-state index contributed by atoms with van der Waals surface area (Å²) in [6.45, 7) is 0. The zero-order chi connectivity index (χ0) is 15.4. The second kappa shape index (κ2) is 5.90. The van der Waals surface area contributed by atoms with Crippen LogP contribution in [0.1, 0.15) is 15.9 Å². The van der Waals surface area contributed by atoms with Gasteiger partial charge in [-0.1, -0.05) is 11.2 Å². The number of aromatic nitrogens is 4. The number of hydrogen-bond donors (Lipinski definition) is 2. The highest BCUT2D eigenvalue weighted by atomic mass is 19.1. The van der Waals surface area contributed by atoms with Crippen LogP contribution in [-0.2, 0) is 11.8 Å². The van der Waals surface area contributed by atoms with Crippen LogP contribution < -0.4 is 5.32 Å². The number of rotatable bonds is 4. The summed E-state index contributed by atoms with van der Waals surface area (Å²) in [6.07, 6.45) is 1.91. The van der Waals surface area contributed by atoms with Gasteiger partial charge in [-0.05, 0) is 23.4 Å². The Balaban J connectivity index is 2.15. The van der Waals surface area contributed by atoms with Gasteiger partial charge in [-0.25, -0.2) is 9.18 Å². The molecule has 0 fully saturated rings. The van der Waals surface area contributed by atoms with Crippen LogP contribution in [0.4, 0.5) is 10.3 Å². The highest BCUT2D eigenvalue weighted by molar-refractivity contribution is 6.03. The van der Waals surface area contributed by atoms with Gasteiger partial charge in [0.2, 0.25) is 0 Å². The normalized spacial score (nSPS) is 10.8. The summed E-state index contributed by atoms with van der Waals surface area (Å²) in [5, 5.41) is 21.7. The molecule has 2 aromatic rings. The summed E-state index contributed by atoms with van der Waals surface area (Å²) < 4.78 is 13.7. The standard InChI is InChI=1S/C12H10FN5O3/c1-18-16-12(15-17-18)14-11(21)8-3-2-7(9(13)6-8)4-5-10(19)20/h2-6H,1H3,(H,19,20)(H,14,16,21)/b5-4+. The summed E-state index contributed by atoms with van der Waals surface area (Å²) in [4.78, 5) is 23.4. The molecule has 1 heterocycles. The van der Waals surface area contributed by atoms with Crippen molar-refractivity contribution in [3.63, 3.8) is 0 Å². The van der Waals surface area contributed by atoms with Crippen LogP contribution in [-0.4, -0.2) is 37.2 Å². The second-order valence-electron chi connectivity index (χ2n) is 3.96. The summed E-state index contributed by atoms with van der Waals surface area (Å²) in [7, 11) is 1.53. The molecule has 0 atom stereocenters. The lowest BCUT2D eigenvalue weighted by molar-refractivity contribution is -0.131. The van der Waals surface area contributed by atoms with Crippen molar-refractivity contribution in [1.29, 1.82) is 0 Å². The van der Waals surface area contributed by atoms with Gasteiger partial charge in [0.15, 0.2) is 0 Å². The Hall–Kier alpha value is -3.10. The van der Waals surface area contributed by atoms with Crippen molar-refractivity contribution < 1.29 is 19.1 Å². The van der Waals surface area contributed by atoms with Gasteiger partial charge in [-0.15, -0.1) is 5.10 Å². The van der Waals surface area contributed by atoms with Crippen LogP contribution in [0.5, 0.6) is 0 Å². The predicted molar refractivity (Wildman–Crippen MR) is 69.8 cm³/mol. The fourth-order valence-corrected chi connectivity index (χ4v) is 1.47. The maximum absolute atomic E-state index is 13.7. The van der Waals surface area contributed by atoms with Gasteiger partial charge in [-0.2, -0.15) is 4.80 Å². The average molecular weight is 291 g/mol. The number of aliphatic carboxylic acids is 1. The van der Waals surface area contributed by atoms with Crippen molar-refractivity contribution >= 4 is 23.9 Å². The molecule has 0 saturated heterocycles. The van der Waals surface area contributed by atoms with Crippen molar-refractivity contribution in [2.45, 2.75) is 0 Å². The van der Waals surface area contributed by atoms with Gasteiger partial charge in [0, 0.05) is 17.2 Å². The van der Waals surface area contributed by atoms with Crippen molar-refractivity contribution in [2.24, 2.45) is 7.05 Å². The van der Waals surface area contributed by atoms with Gasteiger partial charge in [-0.3, -0.25) is 10.1 Å². The molecule has 9 heteroatoms. The van der Waals surface area contributed by atoms with E-state index in [0.29, 0.717) is 0 Å². The van der Waals surface area contributed by atoms with Gasteiger partial charge >= 0.3 is 5.97 Å². The number of amides is 1. The molecule has 0 bridgehead atoms. The van der Waals surface area contributed by atoms with Crippen LogP contribution in [0.3, 0.4) is 0 Å². The molecule has 0 radical (unpaired) electrons. The number of tetrazole rings is 1. The molecule has 1 aromatic carbocycles. The number of benzene rings is 1. The second-order valence-corrected chi connectivity index (χ2v) is 3.96. The Morgan fingerprint density at radius 1 is 1.43 bits per heavy atom. The number of hydrogen-bond acceptors (Lipinski definition) is 5. The van der Waals surface area contributed by atoms with Crippen LogP contribution in [0.2, 0.25) is 0 Å². The first-order chi connectivity index (χ1) is 9.95. The van der Waals surface area contributed by atoms with E-state index in [2.05, 4.69) is 20.7 Å². The molecule has 108 valence electrons. The number of carboxylic acid groups (broad SMARTS) is 1. The van der Waals surface area contributed by atoms with E-state index in [1.165, 1.54) is 19.2 Å². The van der Waals surface area contributed by atoms with Crippen molar-refractivity contribution in [3.05, 3.63) is 41.2 Å². The predicted octanol–water partition coefficient (Wildman–Crippen LogP) is 0.699. The van der Waals surface area contributed by atoms with E-state index >= 15 is 0 Å². The maximum Gasteiger partial charge on any atom is 0.328 e. The SMILES string of the molecule is Cn1nnc(NC(=O)c2ccc(/C=C/C(=O)O)c(F)c2)n1. The molecule has 0 aliphatic rings. The van der Waals surface area contributed by atoms with Gasteiger partial charge in [0.1, 0.15) is 5.82 Å². The lowest BCUT2D eigenvalue weighted by Crippen LogP contribution is -2.13. The van der Waals surface area contributed by atoms with E-state index in [4.69, 9.17) is 5.11 Å². The lowest BCUT2D eigenvalue weighted by atomic mass is 10.1. The Labute approximate surface area is 117 Å². The number of halogens is 1. The summed E-state index contributed by atoms with van der Waals surface area (Å²) in [5.41, 5.74) is 0.110. The fourth-order valence-electron chi connectivity index (χ4n) is 1.47. The molecule has 2 rings (SSSR count). The van der Waals surface area contributed by atoms with Crippen molar-refractivity contribution in [3.8, 4) is 0 Å². The highest BCUT2D eigenvalue weighted by Crippen LogP contribution is 2.13. The number of nitrogens with zero attached hydrogens (tertiary/aromatic N) is 4. The van der Waals surface area contributed by atoms with Crippen LogP contribution in [0.25, 0.3) is 6.08 Å². The number of anilines is 1. The third kappa shape index (κ3) is 3.69. The monoisotopic (exact) mass is 291 g/mol. The zero-order valence-electron chi connectivity index (χ0n) is 10.8. The maximum atomic E-state index is 13.7. The number of carbonyl (C=O) groups is 2.